The molecule has 2 N–H and O–H groups in total. The summed E-state index contributed by atoms with van der Waals surface area (Å²) in [5.41, 5.74) is 2.28. The van der Waals surface area contributed by atoms with E-state index in [9.17, 15) is 8.42 Å². The van der Waals surface area contributed by atoms with E-state index in [0.29, 0.717) is 11.6 Å². The molecule has 1 aromatic heterocycles. The monoisotopic (exact) mass is 309 g/mol. The molecule has 0 aliphatic heterocycles. The summed E-state index contributed by atoms with van der Waals surface area (Å²) in [6, 6.07) is 5.36. The van der Waals surface area contributed by atoms with E-state index in [1.807, 2.05) is 6.07 Å². The number of nitrogens with zero attached hydrogens (tertiary/aromatic N) is 1. The van der Waals surface area contributed by atoms with Gasteiger partial charge in [0.25, 0.3) is 0 Å². The first-order valence-corrected chi connectivity index (χ1v) is 8.72. The van der Waals surface area contributed by atoms with E-state index in [0.717, 1.165) is 16.9 Å². The lowest BCUT2D eigenvalue weighted by Gasteiger charge is -2.22. The van der Waals surface area contributed by atoms with Gasteiger partial charge in [-0.05, 0) is 31.0 Å². The first kappa shape index (κ1) is 14.3. The maximum absolute atomic E-state index is 11.8. The van der Waals surface area contributed by atoms with Crippen LogP contribution >= 0.6 is 0 Å². The molecule has 0 unspecified atom stereocenters. The van der Waals surface area contributed by atoms with Gasteiger partial charge in [0.05, 0.1) is 29.1 Å². The Kier molecular flexibility index (Phi) is 3.86. The molecule has 6 nitrogen and oxygen atoms in total. The number of fused-ring (bicyclic) bond motifs is 1. The Morgan fingerprint density at radius 1 is 1.43 bits per heavy atom. The second kappa shape index (κ2) is 5.65. The predicted molar refractivity (Wildman–Crippen MR) is 82.0 cm³/mol. The number of ether oxygens (including phenoxy) is 1. The lowest BCUT2D eigenvalue weighted by molar-refractivity contribution is 0.217. The summed E-state index contributed by atoms with van der Waals surface area (Å²) in [6.07, 6.45) is 3.61. The molecule has 0 saturated heterocycles. The van der Waals surface area contributed by atoms with Crippen molar-refractivity contribution in [3.8, 4) is 0 Å². The predicted octanol–water partition coefficient (Wildman–Crippen LogP) is 2.22. The number of nitrogens with one attached hydrogen (secondary N) is 2. The molecule has 3 rings (SSSR count). The molecule has 2 aromatic rings. The van der Waals surface area contributed by atoms with Gasteiger partial charge in [-0.3, -0.25) is 4.72 Å². The Morgan fingerprint density at radius 2 is 2.24 bits per heavy atom. The summed E-state index contributed by atoms with van der Waals surface area (Å²) >= 11 is 0. The van der Waals surface area contributed by atoms with Gasteiger partial charge in [-0.1, -0.05) is 6.42 Å². The van der Waals surface area contributed by atoms with Gasteiger partial charge >= 0.3 is 0 Å². The third-order valence-corrected chi connectivity index (χ3v) is 5.07. The van der Waals surface area contributed by atoms with Gasteiger partial charge in [0, 0.05) is 13.0 Å². The SMILES string of the molecule is COCCS(=O)(=O)Nc1ccc2nc(C3CCC3)[nH]c2c1. The van der Waals surface area contributed by atoms with Crippen molar-refractivity contribution in [2.24, 2.45) is 0 Å². The van der Waals surface area contributed by atoms with Crippen LogP contribution in [0.15, 0.2) is 18.2 Å². The van der Waals surface area contributed by atoms with Crippen LogP contribution in [0.25, 0.3) is 11.0 Å². The van der Waals surface area contributed by atoms with Crippen LogP contribution in [0.2, 0.25) is 0 Å². The average molecular weight is 309 g/mol. The molecule has 1 heterocycles. The van der Waals surface area contributed by atoms with Gasteiger partial charge in [0.2, 0.25) is 10.0 Å². The molecule has 1 aliphatic rings. The van der Waals surface area contributed by atoms with Gasteiger partial charge in [-0.2, -0.15) is 0 Å². The fourth-order valence-corrected chi connectivity index (χ4v) is 3.37. The maximum atomic E-state index is 11.8. The number of methoxy groups -OCH3 is 1. The number of benzene rings is 1. The first-order chi connectivity index (χ1) is 10.1. The van der Waals surface area contributed by atoms with Crippen molar-refractivity contribution in [3.05, 3.63) is 24.0 Å². The zero-order chi connectivity index (χ0) is 14.9. The highest BCUT2D eigenvalue weighted by Crippen LogP contribution is 2.35. The van der Waals surface area contributed by atoms with Crippen LogP contribution in [0.5, 0.6) is 0 Å². The van der Waals surface area contributed by atoms with Gasteiger partial charge < -0.3 is 9.72 Å². The molecule has 21 heavy (non-hydrogen) atoms. The largest absolute Gasteiger partial charge is 0.384 e. The Balaban J connectivity index is 1.80. The van der Waals surface area contributed by atoms with E-state index in [1.54, 1.807) is 12.1 Å². The van der Waals surface area contributed by atoms with E-state index in [1.165, 1.54) is 26.4 Å². The summed E-state index contributed by atoms with van der Waals surface area (Å²) in [6.45, 7) is 0.174. The minimum absolute atomic E-state index is 0.0577. The Hall–Kier alpha value is -1.60. The smallest absolute Gasteiger partial charge is 0.235 e. The Bertz CT molecular complexity index is 735. The van der Waals surface area contributed by atoms with Crippen molar-refractivity contribution in [3.63, 3.8) is 0 Å². The molecular formula is C14H19N3O3S. The topological polar surface area (TPSA) is 84.1 Å². The highest BCUT2D eigenvalue weighted by Gasteiger charge is 2.22. The van der Waals surface area contributed by atoms with Crippen molar-refractivity contribution < 1.29 is 13.2 Å². The van der Waals surface area contributed by atoms with E-state index in [-0.39, 0.29) is 12.4 Å². The number of hydrogen-bond donors (Lipinski definition) is 2. The molecule has 7 heteroatoms. The van der Waals surface area contributed by atoms with Gasteiger partial charge in [-0.25, -0.2) is 13.4 Å². The van der Waals surface area contributed by atoms with Crippen LogP contribution in [0.4, 0.5) is 5.69 Å². The summed E-state index contributed by atoms with van der Waals surface area (Å²) < 4.78 is 31.0. The molecule has 114 valence electrons. The van der Waals surface area contributed by atoms with Crippen LogP contribution in [-0.4, -0.2) is 37.9 Å². The zero-order valence-corrected chi connectivity index (χ0v) is 12.7. The van der Waals surface area contributed by atoms with Crippen LogP contribution < -0.4 is 4.72 Å². The standard InChI is InChI=1S/C14H19N3O3S/c1-20-7-8-21(18,19)17-11-5-6-12-13(9-11)16-14(15-12)10-3-2-4-10/h5-6,9-10,17H,2-4,7-8H2,1H3,(H,15,16). The highest BCUT2D eigenvalue weighted by atomic mass is 32.2. The van der Waals surface area contributed by atoms with E-state index < -0.39 is 10.0 Å². The van der Waals surface area contributed by atoms with Crippen molar-refractivity contribution in [1.82, 2.24) is 9.97 Å². The summed E-state index contributed by atoms with van der Waals surface area (Å²) in [5.74, 6) is 1.48. The third-order valence-electron chi connectivity index (χ3n) is 3.82. The number of sulfonamides is 1. The van der Waals surface area contributed by atoms with Crippen LogP contribution in [0, 0.1) is 0 Å². The molecule has 1 aromatic carbocycles. The minimum atomic E-state index is -3.38. The minimum Gasteiger partial charge on any atom is -0.384 e. The maximum Gasteiger partial charge on any atom is 0.235 e. The van der Waals surface area contributed by atoms with Crippen molar-refractivity contribution >= 4 is 26.7 Å². The number of aromatic nitrogens is 2. The fraction of sp³-hybridized carbons (Fsp3) is 0.500. The van der Waals surface area contributed by atoms with Crippen molar-refractivity contribution in [2.75, 3.05) is 24.2 Å². The second-order valence-electron chi connectivity index (χ2n) is 5.40. The van der Waals surface area contributed by atoms with Crippen LogP contribution in [-0.2, 0) is 14.8 Å². The van der Waals surface area contributed by atoms with Crippen LogP contribution in [0.1, 0.15) is 31.0 Å². The summed E-state index contributed by atoms with van der Waals surface area (Å²) in [7, 11) is -1.90. The molecule has 1 saturated carbocycles. The quantitative estimate of drug-likeness (QED) is 0.857. The molecule has 0 radical (unpaired) electrons. The number of hydrogen-bond acceptors (Lipinski definition) is 4. The molecular weight excluding hydrogens is 290 g/mol. The zero-order valence-electron chi connectivity index (χ0n) is 11.9. The summed E-state index contributed by atoms with van der Waals surface area (Å²) in [5, 5.41) is 0. The molecule has 1 fully saturated rings. The molecule has 0 atom stereocenters. The number of H-pyrrole nitrogens is 1. The molecule has 0 spiro atoms. The Morgan fingerprint density at radius 3 is 2.90 bits per heavy atom. The van der Waals surface area contributed by atoms with Crippen LogP contribution in [0.3, 0.4) is 0 Å². The van der Waals surface area contributed by atoms with Gasteiger partial charge in [-0.15, -0.1) is 0 Å². The molecule has 0 amide bonds. The second-order valence-corrected chi connectivity index (χ2v) is 7.24. The highest BCUT2D eigenvalue weighted by molar-refractivity contribution is 7.92. The number of aromatic amines is 1. The van der Waals surface area contributed by atoms with E-state index >= 15 is 0 Å². The van der Waals surface area contributed by atoms with Gasteiger partial charge in [0.1, 0.15) is 5.82 Å². The number of rotatable bonds is 6. The normalized spacial score (nSPS) is 16.0. The fourth-order valence-electron chi connectivity index (χ4n) is 2.39. The van der Waals surface area contributed by atoms with Crippen molar-refractivity contribution in [2.45, 2.75) is 25.2 Å². The lowest BCUT2D eigenvalue weighted by Crippen LogP contribution is -2.19. The number of anilines is 1. The molecule has 0 bridgehead atoms. The lowest BCUT2D eigenvalue weighted by atomic mass is 9.85. The average Bonchev–Trinajstić information content (AvgIpc) is 2.76. The van der Waals surface area contributed by atoms with Gasteiger partial charge in [0.15, 0.2) is 0 Å². The van der Waals surface area contributed by atoms with E-state index in [2.05, 4.69) is 14.7 Å². The third kappa shape index (κ3) is 3.19. The summed E-state index contributed by atoms with van der Waals surface area (Å²) in [4.78, 5) is 7.87. The Labute approximate surface area is 124 Å². The molecule has 1 aliphatic carbocycles. The first-order valence-electron chi connectivity index (χ1n) is 7.06. The van der Waals surface area contributed by atoms with Crippen molar-refractivity contribution in [1.29, 1.82) is 0 Å². The van der Waals surface area contributed by atoms with E-state index in [4.69, 9.17) is 4.74 Å². The number of imidazole rings is 1.